The van der Waals surface area contributed by atoms with Crippen molar-refractivity contribution in [2.24, 2.45) is 0 Å². The molecule has 0 radical (unpaired) electrons. The van der Waals surface area contributed by atoms with Gasteiger partial charge in [-0.05, 0) is 31.4 Å². The Bertz CT molecular complexity index is 581. The van der Waals surface area contributed by atoms with Gasteiger partial charge in [0.25, 0.3) is 0 Å². The van der Waals surface area contributed by atoms with Crippen LogP contribution in [0.2, 0.25) is 0 Å². The van der Waals surface area contributed by atoms with E-state index in [1.807, 2.05) is 25.1 Å². The maximum Gasteiger partial charge on any atom is 0.312 e. The van der Waals surface area contributed by atoms with E-state index < -0.39 is 10.1 Å². The van der Waals surface area contributed by atoms with E-state index >= 15 is 0 Å². The summed E-state index contributed by atoms with van der Waals surface area (Å²) in [5.74, 6) is 0.465. The van der Waals surface area contributed by atoms with E-state index in [0.29, 0.717) is 18.6 Å². The highest BCUT2D eigenvalue weighted by molar-refractivity contribution is 7.87. The molecule has 1 aromatic carbocycles. The van der Waals surface area contributed by atoms with Gasteiger partial charge in [-0.15, -0.1) is 0 Å². The molecule has 1 unspecified atom stereocenters. The van der Waals surface area contributed by atoms with E-state index in [1.54, 1.807) is 6.07 Å². The smallest absolute Gasteiger partial charge is 0.312 e. The highest BCUT2D eigenvalue weighted by atomic mass is 32.2. The standard InChI is InChI=1S/C22H38O3S/c1-4-6-8-9-10-11-13-18-21(17-12-7-5-2)26(23,24)25-22-19-15-14-16-20(22)3/h14-16,19,21H,4-13,17-18H2,1-3H3. The van der Waals surface area contributed by atoms with Crippen LogP contribution in [0.4, 0.5) is 0 Å². The van der Waals surface area contributed by atoms with Crippen LogP contribution < -0.4 is 4.18 Å². The van der Waals surface area contributed by atoms with E-state index in [0.717, 1.165) is 37.7 Å². The van der Waals surface area contributed by atoms with E-state index in [1.165, 1.54) is 32.1 Å². The first-order valence-corrected chi connectivity index (χ1v) is 12.0. The van der Waals surface area contributed by atoms with Crippen LogP contribution >= 0.6 is 0 Å². The number of aryl methyl sites for hydroxylation is 1. The number of benzene rings is 1. The molecule has 0 aliphatic rings. The number of hydrogen-bond acceptors (Lipinski definition) is 3. The molecule has 0 aliphatic carbocycles. The van der Waals surface area contributed by atoms with Gasteiger partial charge in [0.2, 0.25) is 0 Å². The van der Waals surface area contributed by atoms with Crippen LogP contribution in [0.3, 0.4) is 0 Å². The van der Waals surface area contributed by atoms with Gasteiger partial charge in [0.15, 0.2) is 0 Å². The van der Waals surface area contributed by atoms with Gasteiger partial charge in [-0.3, -0.25) is 0 Å². The molecule has 3 nitrogen and oxygen atoms in total. The molecule has 1 rings (SSSR count). The normalized spacial score (nSPS) is 12.9. The van der Waals surface area contributed by atoms with Crippen LogP contribution in [0.1, 0.15) is 96.5 Å². The van der Waals surface area contributed by atoms with Gasteiger partial charge in [-0.1, -0.05) is 96.3 Å². The molecule has 0 aliphatic heterocycles. The monoisotopic (exact) mass is 382 g/mol. The van der Waals surface area contributed by atoms with Crippen molar-refractivity contribution in [2.45, 2.75) is 103 Å². The van der Waals surface area contributed by atoms with E-state index in [4.69, 9.17) is 4.18 Å². The third-order valence-electron chi connectivity index (χ3n) is 4.97. The molecular weight excluding hydrogens is 344 g/mol. The Balaban J connectivity index is 2.58. The van der Waals surface area contributed by atoms with Gasteiger partial charge in [0.1, 0.15) is 5.75 Å². The fraction of sp³-hybridized carbons (Fsp3) is 0.727. The molecule has 0 saturated heterocycles. The summed E-state index contributed by atoms with van der Waals surface area (Å²) in [5, 5.41) is -0.385. The first-order chi connectivity index (χ1) is 12.5. The lowest BCUT2D eigenvalue weighted by Crippen LogP contribution is -2.26. The maximum absolute atomic E-state index is 12.8. The third-order valence-corrected chi connectivity index (χ3v) is 6.67. The molecule has 0 saturated carbocycles. The van der Waals surface area contributed by atoms with Gasteiger partial charge < -0.3 is 4.18 Å². The lowest BCUT2D eigenvalue weighted by molar-refractivity contribution is 0.446. The molecule has 1 aromatic rings. The van der Waals surface area contributed by atoms with Crippen molar-refractivity contribution in [1.82, 2.24) is 0 Å². The van der Waals surface area contributed by atoms with Crippen molar-refractivity contribution < 1.29 is 12.6 Å². The van der Waals surface area contributed by atoms with Gasteiger partial charge in [-0.2, -0.15) is 8.42 Å². The minimum Gasteiger partial charge on any atom is -0.382 e. The third kappa shape index (κ3) is 9.07. The maximum atomic E-state index is 12.8. The van der Waals surface area contributed by atoms with Gasteiger partial charge >= 0.3 is 10.1 Å². The number of para-hydroxylation sites is 1. The van der Waals surface area contributed by atoms with Crippen molar-refractivity contribution in [3.05, 3.63) is 29.8 Å². The number of hydrogen-bond donors (Lipinski definition) is 0. The molecule has 26 heavy (non-hydrogen) atoms. The fourth-order valence-corrected chi connectivity index (χ4v) is 4.71. The molecular formula is C22H38O3S. The van der Waals surface area contributed by atoms with Crippen molar-refractivity contribution in [2.75, 3.05) is 0 Å². The van der Waals surface area contributed by atoms with Crippen molar-refractivity contribution in [1.29, 1.82) is 0 Å². The van der Waals surface area contributed by atoms with Crippen molar-refractivity contribution >= 4 is 10.1 Å². The zero-order valence-corrected chi connectivity index (χ0v) is 17.8. The zero-order chi connectivity index (χ0) is 19.3. The van der Waals surface area contributed by atoms with Gasteiger partial charge in [0, 0.05) is 0 Å². The van der Waals surface area contributed by atoms with E-state index in [-0.39, 0.29) is 5.25 Å². The summed E-state index contributed by atoms with van der Waals surface area (Å²) in [7, 11) is -3.58. The molecule has 4 heteroatoms. The molecule has 0 bridgehead atoms. The Morgan fingerprint density at radius 2 is 1.31 bits per heavy atom. The minimum absolute atomic E-state index is 0.385. The summed E-state index contributed by atoms with van der Waals surface area (Å²) in [5.41, 5.74) is 0.860. The summed E-state index contributed by atoms with van der Waals surface area (Å²) >= 11 is 0. The van der Waals surface area contributed by atoms with Gasteiger partial charge in [0.05, 0.1) is 5.25 Å². The molecule has 1 atom stereocenters. The Morgan fingerprint density at radius 3 is 1.92 bits per heavy atom. The second kappa shape index (κ2) is 13.2. The second-order valence-corrected chi connectivity index (χ2v) is 9.19. The predicted octanol–water partition coefficient (Wildman–Crippen LogP) is 6.79. The quantitative estimate of drug-likeness (QED) is 0.248. The molecule has 0 amide bonds. The SMILES string of the molecule is CCCCCCCCCC(CCCCC)S(=O)(=O)Oc1ccccc1C. The summed E-state index contributed by atoms with van der Waals surface area (Å²) in [4.78, 5) is 0. The average molecular weight is 383 g/mol. The highest BCUT2D eigenvalue weighted by Crippen LogP contribution is 2.25. The predicted molar refractivity (Wildman–Crippen MR) is 111 cm³/mol. The van der Waals surface area contributed by atoms with Crippen LogP contribution in [0, 0.1) is 6.92 Å². The molecule has 150 valence electrons. The molecule has 0 N–H and O–H groups in total. The fourth-order valence-electron chi connectivity index (χ4n) is 3.23. The highest BCUT2D eigenvalue weighted by Gasteiger charge is 2.27. The second-order valence-electron chi connectivity index (χ2n) is 7.37. The van der Waals surface area contributed by atoms with Crippen LogP contribution in [0.15, 0.2) is 24.3 Å². The summed E-state index contributed by atoms with van der Waals surface area (Å²) in [6.45, 7) is 6.25. The molecule has 0 heterocycles. The average Bonchev–Trinajstić information content (AvgIpc) is 2.61. The van der Waals surface area contributed by atoms with Crippen LogP contribution in [0.25, 0.3) is 0 Å². The van der Waals surface area contributed by atoms with Crippen molar-refractivity contribution in [3.8, 4) is 5.75 Å². The first kappa shape index (κ1) is 23.0. The van der Waals surface area contributed by atoms with Gasteiger partial charge in [-0.25, -0.2) is 0 Å². The number of unbranched alkanes of at least 4 members (excludes halogenated alkanes) is 8. The summed E-state index contributed by atoms with van der Waals surface area (Å²) in [6.07, 6.45) is 13.0. The molecule has 0 fully saturated rings. The Kier molecular flexibility index (Phi) is 11.7. The first-order valence-electron chi connectivity index (χ1n) is 10.5. The van der Waals surface area contributed by atoms with Crippen LogP contribution in [0.5, 0.6) is 5.75 Å². The zero-order valence-electron chi connectivity index (χ0n) is 17.0. The molecule has 0 aromatic heterocycles. The summed E-state index contributed by atoms with van der Waals surface area (Å²) in [6, 6.07) is 7.34. The lowest BCUT2D eigenvalue weighted by Gasteiger charge is -2.18. The largest absolute Gasteiger partial charge is 0.382 e. The summed E-state index contributed by atoms with van der Waals surface area (Å²) < 4.78 is 31.2. The minimum atomic E-state index is -3.58. The van der Waals surface area contributed by atoms with Crippen molar-refractivity contribution in [3.63, 3.8) is 0 Å². The van der Waals surface area contributed by atoms with Crippen LogP contribution in [-0.4, -0.2) is 13.7 Å². The lowest BCUT2D eigenvalue weighted by atomic mass is 10.0. The Labute approximate surface area is 161 Å². The number of rotatable bonds is 15. The topological polar surface area (TPSA) is 43.4 Å². The van der Waals surface area contributed by atoms with Crippen LogP contribution in [-0.2, 0) is 10.1 Å². The Hall–Kier alpha value is -1.03. The molecule has 0 spiro atoms. The Morgan fingerprint density at radius 1 is 0.808 bits per heavy atom. The van der Waals surface area contributed by atoms with E-state index in [9.17, 15) is 8.42 Å². The van der Waals surface area contributed by atoms with E-state index in [2.05, 4.69) is 13.8 Å².